The van der Waals surface area contributed by atoms with E-state index in [1.165, 1.54) is 4.68 Å². The lowest BCUT2D eigenvalue weighted by Gasteiger charge is -2.12. The summed E-state index contributed by atoms with van der Waals surface area (Å²) in [6, 6.07) is 15.0. The molecule has 2 aromatic rings. The zero-order valence-electron chi connectivity index (χ0n) is 15.9. The molecule has 0 spiro atoms. The summed E-state index contributed by atoms with van der Waals surface area (Å²) in [6.07, 6.45) is 3.38. The van der Waals surface area contributed by atoms with E-state index in [2.05, 4.69) is 10.4 Å². The molecule has 0 fully saturated rings. The van der Waals surface area contributed by atoms with Crippen LogP contribution in [0.5, 0.6) is 0 Å². The number of carbonyl (C=O) groups excluding carboxylic acids is 1. The van der Waals surface area contributed by atoms with E-state index in [4.69, 9.17) is 0 Å². The van der Waals surface area contributed by atoms with Crippen molar-refractivity contribution >= 4 is 11.6 Å². The molecule has 0 atom stereocenters. The number of hydrogen-bond acceptors (Lipinski definition) is 3. The van der Waals surface area contributed by atoms with E-state index in [1.807, 2.05) is 62.4 Å². The van der Waals surface area contributed by atoms with E-state index >= 15 is 0 Å². The zero-order valence-corrected chi connectivity index (χ0v) is 15.9. The Morgan fingerprint density at radius 1 is 1.04 bits per heavy atom. The summed E-state index contributed by atoms with van der Waals surface area (Å²) < 4.78 is 3.04. The van der Waals surface area contributed by atoms with E-state index < -0.39 is 0 Å². The van der Waals surface area contributed by atoms with Gasteiger partial charge >= 0.3 is 0 Å². The summed E-state index contributed by atoms with van der Waals surface area (Å²) in [7, 11) is 1.78. The lowest BCUT2D eigenvalue weighted by molar-refractivity contribution is 0.102. The van der Waals surface area contributed by atoms with Crippen LogP contribution < -0.4 is 10.9 Å². The Kier molecular flexibility index (Phi) is 4.31. The highest BCUT2D eigenvalue weighted by Crippen LogP contribution is 2.24. The Morgan fingerprint density at radius 2 is 1.79 bits per heavy atom. The molecular weight excluding hydrogens is 352 g/mol. The fourth-order valence-corrected chi connectivity index (χ4v) is 3.29. The average Bonchev–Trinajstić information content (AvgIpc) is 3.00. The van der Waals surface area contributed by atoms with E-state index in [0.717, 1.165) is 16.8 Å². The molecule has 1 amide bonds. The van der Waals surface area contributed by atoms with Gasteiger partial charge in [0.25, 0.3) is 11.5 Å². The van der Waals surface area contributed by atoms with Crippen LogP contribution >= 0.6 is 0 Å². The van der Waals surface area contributed by atoms with E-state index in [1.54, 1.807) is 24.0 Å². The number of aryl methyl sites for hydroxylation is 3. The van der Waals surface area contributed by atoms with Gasteiger partial charge in [-0.05, 0) is 37.6 Å². The minimum absolute atomic E-state index is 0.252. The van der Waals surface area contributed by atoms with Gasteiger partial charge < -0.3 is 9.88 Å². The van der Waals surface area contributed by atoms with E-state index in [-0.39, 0.29) is 11.5 Å². The predicted octanol–water partition coefficient (Wildman–Crippen LogP) is 3.54. The maximum absolute atomic E-state index is 13.0. The second kappa shape index (κ2) is 6.81. The number of para-hydroxylation sites is 1. The molecule has 0 radical (unpaired) electrons. The first-order chi connectivity index (χ1) is 13.4. The van der Waals surface area contributed by atoms with Gasteiger partial charge in [-0.15, -0.1) is 0 Å². The fourth-order valence-electron chi connectivity index (χ4n) is 3.29. The number of aromatic nitrogens is 3. The summed E-state index contributed by atoms with van der Waals surface area (Å²) >= 11 is 0. The molecule has 0 aliphatic carbocycles. The van der Waals surface area contributed by atoms with Crippen molar-refractivity contribution in [2.75, 3.05) is 5.32 Å². The molecule has 28 heavy (non-hydrogen) atoms. The molecule has 6 nitrogen and oxygen atoms in total. The van der Waals surface area contributed by atoms with Gasteiger partial charge in [0.15, 0.2) is 0 Å². The van der Waals surface area contributed by atoms with Crippen LogP contribution in [0.4, 0.5) is 5.69 Å². The predicted molar refractivity (Wildman–Crippen MR) is 109 cm³/mol. The van der Waals surface area contributed by atoms with Crippen LogP contribution in [-0.4, -0.2) is 20.3 Å². The van der Waals surface area contributed by atoms with Crippen molar-refractivity contribution in [2.45, 2.75) is 13.8 Å². The van der Waals surface area contributed by atoms with Gasteiger partial charge in [0, 0.05) is 25.1 Å². The lowest BCUT2D eigenvalue weighted by Crippen LogP contribution is -2.17. The molecule has 2 aliphatic heterocycles. The quantitative estimate of drug-likeness (QED) is 0.598. The third kappa shape index (κ3) is 3.09. The monoisotopic (exact) mass is 372 g/mol. The Morgan fingerprint density at radius 3 is 2.50 bits per heavy atom. The second-order valence-corrected chi connectivity index (χ2v) is 6.92. The first-order valence-electron chi connectivity index (χ1n) is 8.97. The molecule has 0 bridgehead atoms. The third-order valence-electron chi connectivity index (χ3n) is 4.67. The van der Waals surface area contributed by atoms with Gasteiger partial charge in [-0.25, -0.2) is 0 Å². The van der Waals surface area contributed by atoms with E-state index in [0.29, 0.717) is 22.5 Å². The normalized spacial score (nSPS) is 11.0. The number of nitrogens with one attached hydrogen (secondary N) is 1. The molecule has 0 unspecified atom stereocenters. The lowest BCUT2D eigenvalue weighted by atomic mass is 10.1. The number of pyridine rings is 1. The molecular formula is C22H20N4O2. The van der Waals surface area contributed by atoms with Crippen molar-refractivity contribution in [2.24, 2.45) is 7.05 Å². The van der Waals surface area contributed by atoms with Crippen LogP contribution in [0.2, 0.25) is 0 Å². The van der Waals surface area contributed by atoms with Crippen molar-refractivity contribution in [3.05, 3.63) is 88.0 Å². The number of anilines is 1. The number of carbonyl (C=O) groups is 1. The topological polar surface area (TPSA) is 68.9 Å². The molecule has 0 saturated heterocycles. The van der Waals surface area contributed by atoms with Crippen LogP contribution in [0.25, 0.3) is 16.9 Å². The van der Waals surface area contributed by atoms with Gasteiger partial charge in [-0.2, -0.15) is 9.78 Å². The highest BCUT2D eigenvalue weighted by molar-refractivity contribution is 6.08. The molecule has 4 rings (SSSR count). The molecule has 140 valence electrons. The molecule has 2 heterocycles. The van der Waals surface area contributed by atoms with Crippen LogP contribution in [0, 0.1) is 13.8 Å². The molecule has 0 saturated carbocycles. The SMILES string of the molecule is Cc1ccc(NC(=O)c2cn(C)cc3c(=O)n(-c4ccccc4)nc2-3)c(C)c1. The van der Waals surface area contributed by atoms with Crippen LogP contribution in [0.15, 0.2) is 65.7 Å². The molecule has 2 aliphatic rings. The summed E-state index contributed by atoms with van der Waals surface area (Å²) in [5, 5.41) is 7.39. The highest BCUT2D eigenvalue weighted by atomic mass is 16.2. The van der Waals surface area contributed by atoms with Gasteiger partial charge in [0.2, 0.25) is 0 Å². The number of nitrogens with zero attached hydrogens (tertiary/aromatic N) is 3. The first kappa shape index (κ1) is 17.7. The maximum Gasteiger partial charge on any atom is 0.282 e. The third-order valence-corrected chi connectivity index (χ3v) is 4.67. The van der Waals surface area contributed by atoms with Crippen LogP contribution in [-0.2, 0) is 7.05 Å². The summed E-state index contributed by atoms with van der Waals surface area (Å²) in [5.74, 6) is -0.300. The standard InChI is InChI=1S/C22H20N4O2/c1-14-9-10-19(15(2)11-14)23-21(27)17-12-25(3)13-18-20(17)24-26(22(18)28)16-7-5-4-6-8-16/h4-13H,1-3H3,(H,23,27). The summed E-state index contributed by atoms with van der Waals surface area (Å²) in [5.41, 5.74) is 4.39. The smallest absolute Gasteiger partial charge is 0.282 e. The minimum Gasteiger partial charge on any atom is -0.356 e. The second-order valence-electron chi connectivity index (χ2n) is 6.92. The van der Waals surface area contributed by atoms with Crippen molar-refractivity contribution < 1.29 is 4.79 Å². The minimum atomic E-state index is -0.300. The summed E-state index contributed by atoms with van der Waals surface area (Å²) in [6.45, 7) is 3.95. The van der Waals surface area contributed by atoms with Gasteiger partial charge in [-0.1, -0.05) is 35.9 Å². The largest absolute Gasteiger partial charge is 0.356 e. The van der Waals surface area contributed by atoms with Crippen LogP contribution in [0.3, 0.4) is 0 Å². The Bertz CT molecular complexity index is 1210. The molecule has 2 aromatic carbocycles. The first-order valence-corrected chi connectivity index (χ1v) is 8.97. The Balaban J connectivity index is 1.80. The average molecular weight is 372 g/mol. The van der Waals surface area contributed by atoms with E-state index in [9.17, 15) is 9.59 Å². The number of amides is 1. The van der Waals surface area contributed by atoms with Crippen molar-refractivity contribution in [1.82, 2.24) is 14.3 Å². The molecule has 1 N–H and O–H groups in total. The van der Waals surface area contributed by atoms with Crippen molar-refractivity contribution in [3.8, 4) is 16.9 Å². The maximum atomic E-state index is 13.0. The fraction of sp³-hybridized carbons (Fsp3) is 0.136. The summed E-state index contributed by atoms with van der Waals surface area (Å²) in [4.78, 5) is 25.9. The number of fused-ring (bicyclic) bond motifs is 1. The molecule has 0 aromatic heterocycles. The number of rotatable bonds is 3. The molecule has 6 heteroatoms. The van der Waals surface area contributed by atoms with Crippen LogP contribution in [0.1, 0.15) is 21.5 Å². The number of benzene rings is 2. The van der Waals surface area contributed by atoms with Gasteiger partial charge in [0.1, 0.15) is 5.69 Å². The highest BCUT2D eigenvalue weighted by Gasteiger charge is 2.24. The van der Waals surface area contributed by atoms with Crippen molar-refractivity contribution in [3.63, 3.8) is 0 Å². The van der Waals surface area contributed by atoms with Crippen molar-refractivity contribution in [1.29, 1.82) is 0 Å². The van der Waals surface area contributed by atoms with Gasteiger partial charge in [0.05, 0.1) is 16.8 Å². The Hall–Kier alpha value is -3.67. The Labute approximate surface area is 162 Å². The van der Waals surface area contributed by atoms with Gasteiger partial charge in [-0.3, -0.25) is 9.59 Å². The zero-order chi connectivity index (χ0) is 19.8. The number of hydrogen-bond donors (Lipinski definition) is 1.